The number of anilines is 1. The Balaban J connectivity index is 1.99. The van der Waals surface area contributed by atoms with Crippen LogP contribution < -0.4 is 5.32 Å². The maximum absolute atomic E-state index is 12.2. The van der Waals surface area contributed by atoms with Crippen LogP contribution in [0.15, 0.2) is 24.3 Å². The number of hydrogen-bond acceptors (Lipinski definition) is 4. The number of carboxylic acid groups (broad SMARTS) is 1. The molecule has 1 aromatic rings. The van der Waals surface area contributed by atoms with Gasteiger partial charge in [-0.3, -0.25) is 9.59 Å². The Labute approximate surface area is 126 Å². The highest BCUT2D eigenvalue weighted by molar-refractivity contribution is 7.99. The summed E-state index contributed by atoms with van der Waals surface area (Å²) in [5, 5.41) is 11.7. The molecule has 7 heteroatoms. The fraction of sp³-hybridized carbons (Fsp3) is 0.357. The minimum Gasteiger partial charge on any atom is -0.480 e. The first-order valence-electron chi connectivity index (χ1n) is 6.44. The van der Waals surface area contributed by atoms with Crippen molar-refractivity contribution in [3.05, 3.63) is 29.8 Å². The van der Waals surface area contributed by atoms with Gasteiger partial charge in [0.25, 0.3) is 0 Å². The number of hydrogen-bond donors (Lipinski definition) is 2. The number of aliphatic carboxylic acids is 1. The Morgan fingerprint density at radius 2 is 2.00 bits per heavy atom. The summed E-state index contributed by atoms with van der Waals surface area (Å²) >= 11 is 1.44. The largest absolute Gasteiger partial charge is 0.480 e. The summed E-state index contributed by atoms with van der Waals surface area (Å²) in [6, 6.07) is 6.21. The molecule has 1 atom stereocenters. The van der Waals surface area contributed by atoms with Gasteiger partial charge in [0.1, 0.15) is 6.04 Å². The van der Waals surface area contributed by atoms with Gasteiger partial charge >= 0.3 is 5.97 Å². The van der Waals surface area contributed by atoms with Crippen molar-refractivity contribution in [2.75, 3.05) is 16.9 Å². The van der Waals surface area contributed by atoms with Gasteiger partial charge in [0.2, 0.25) is 11.8 Å². The van der Waals surface area contributed by atoms with Crippen LogP contribution in [0.5, 0.6) is 0 Å². The number of thioether (sulfide) groups is 1. The minimum atomic E-state index is -0.964. The topological polar surface area (TPSA) is 86.7 Å². The third-order valence-electron chi connectivity index (χ3n) is 3.12. The number of amides is 2. The number of benzene rings is 1. The normalized spacial score (nSPS) is 17.6. The van der Waals surface area contributed by atoms with Gasteiger partial charge in [-0.05, 0) is 17.7 Å². The highest BCUT2D eigenvalue weighted by Gasteiger charge is 2.34. The van der Waals surface area contributed by atoms with Crippen molar-refractivity contribution in [3.8, 4) is 0 Å². The van der Waals surface area contributed by atoms with Crippen LogP contribution in [0.25, 0.3) is 0 Å². The molecule has 0 aliphatic carbocycles. The number of nitrogens with one attached hydrogen (secondary N) is 1. The van der Waals surface area contributed by atoms with Gasteiger partial charge in [0.05, 0.1) is 12.3 Å². The summed E-state index contributed by atoms with van der Waals surface area (Å²) in [5.41, 5.74) is 1.45. The van der Waals surface area contributed by atoms with Crippen molar-refractivity contribution in [1.29, 1.82) is 0 Å². The molecule has 1 aromatic carbocycles. The molecule has 112 valence electrons. The van der Waals surface area contributed by atoms with E-state index in [4.69, 9.17) is 5.11 Å². The van der Waals surface area contributed by atoms with Crippen molar-refractivity contribution < 1.29 is 19.5 Å². The van der Waals surface area contributed by atoms with Crippen LogP contribution in [-0.2, 0) is 20.8 Å². The molecule has 21 heavy (non-hydrogen) atoms. The lowest BCUT2D eigenvalue weighted by Crippen LogP contribution is -2.42. The van der Waals surface area contributed by atoms with Crippen LogP contribution in [0.3, 0.4) is 0 Å². The molecule has 0 bridgehead atoms. The smallest absolute Gasteiger partial charge is 0.327 e. The Kier molecular flexibility index (Phi) is 4.85. The van der Waals surface area contributed by atoms with Gasteiger partial charge in [0, 0.05) is 18.4 Å². The average molecular weight is 308 g/mol. The predicted molar refractivity (Wildman–Crippen MR) is 80.0 cm³/mol. The van der Waals surface area contributed by atoms with Gasteiger partial charge in [-0.15, -0.1) is 11.8 Å². The Hall–Kier alpha value is -2.02. The van der Waals surface area contributed by atoms with Crippen LogP contribution in [0, 0.1) is 0 Å². The summed E-state index contributed by atoms with van der Waals surface area (Å²) < 4.78 is 0. The maximum atomic E-state index is 12.2. The Morgan fingerprint density at radius 1 is 1.33 bits per heavy atom. The molecule has 1 aliphatic heterocycles. The van der Waals surface area contributed by atoms with Crippen LogP contribution in [0.1, 0.15) is 12.5 Å². The van der Waals surface area contributed by atoms with E-state index in [1.165, 1.54) is 23.6 Å². The molecule has 0 saturated carbocycles. The van der Waals surface area contributed by atoms with E-state index in [9.17, 15) is 14.4 Å². The number of carboxylic acids is 1. The first kappa shape index (κ1) is 15.4. The summed E-state index contributed by atoms with van der Waals surface area (Å²) in [7, 11) is 0. The molecule has 1 aliphatic rings. The molecule has 0 unspecified atom stereocenters. The van der Waals surface area contributed by atoms with Crippen LogP contribution in [-0.4, -0.2) is 45.5 Å². The Bertz CT molecular complexity index is 559. The lowest BCUT2D eigenvalue weighted by Gasteiger charge is -2.20. The number of carbonyl (C=O) groups is 3. The quantitative estimate of drug-likeness (QED) is 0.872. The highest BCUT2D eigenvalue weighted by Crippen LogP contribution is 2.22. The second-order valence-electron chi connectivity index (χ2n) is 4.77. The average Bonchev–Trinajstić information content (AvgIpc) is 2.90. The van der Waals surface area contributed by atoms with E-state index in [1.54, 1.807) is 24.3 Å². The molecule has 2 amide bonds. The summed E-state index contributed by atoms with van der Waals surface area (Å²) in [4.78, 5) is 35.6. The zero-order valence-corrected chi connectivity index (χ0v) is 12.4. The van der Waals surface area contributed by atoms with Gasteiger partial charge in [-0.25, -0.2) is 4.79 Å². The van der Waals surface area contributed by atoms with Gasteiger partial charge in [-0.2, -0.15) is 0 Å². The Morgan fingerprint density at radius 3 is 2.57 bits per heavy atom. The molecule has 1 fully saturated rings. The second kappa shape index (κ2) is 6.62. The minimum absolute atomic E-state index is 0.155. The molecule has 2 rings (SSSR count). The van der Waals surface area contributed by atoms with E-state index in [1.807, 2.05) is 0 Å². The monoisotopic (exact) mass is 308 g/mol. The third kappa shape index (κ3) is 3.98. The highest BCUT2D eigenvalue weighted by atomic mass is 32.2. The molecule has 6 nitrogen and oxygen atoms in total. The third-order valence-corrected chi connectivity index (χ3v) is 4.13. The first-order valence-corrected chi connectivity index (χ1v) is 7.59. The summed E-state index contributed by atoms with van der Waals surface area (Å²) in [6.07, 6.45) is 0.157. The molecule has 2 N–H and O–H groups in total. The van der Waals surface area contributed by atoms with E-state index in [0.29, 0.717) is 17.3 Å². The van der Waals surface area contributed by atoms with E-state index >= 15 is 0 Å². The molecule has 1 saturated heterocycles. The number of rotatable bonds is 4. The van der Waals surface area contributed by atoms with Gasteiger partial charge in [-0.1, -0.05) is 12.1 Å². The summed E-state index contributed by atoms with van der Waals surface area (Å²) in [6.45, 7) is 1.43. The lowest BCUT2D eigenvalue weighted by molar-refractivity contribution is -0.147. The van der Waals surface area contributed by atoms with E-state index in [2.05, 4.69) is 5.32 Å². The van der Waals surface area contributed by atoms with E-state index in [0.717, 1.165) is 5.56 Å². The van der Waals surface area contributed by atoms with Crippen LogP contribution in [0.4, 0.5) is 5.69 Å². The number of carbonyl (C=O) groups excluding carboxylic acids is 2. The molecular weight excluding hydrogens is 292 g/mol. The maximum Gasteiger partial charge on any atom is 0.327 e. The van der Waals surface area contributed by atoms with Crippen molar-refractivity contribution in [2.24, 2.45) is 0 Å². The predicted octanol–water partition coefficient (Wildman–Crippen LogP) is 1.17. The second-order valence-corrected chi connectivity index (χ2v) is 5.77. The van der Waals surface area contributed by atoms with Crippen molar-refractivity contribution >= 4 is 35.2 Å². The van der Waals surface area contributed by atoms with Gasteiger partial charge < -0.3 is 15.3 Å². The lowest BCUT2D eigenvalue weighted by atomic mass is 10.1. The molecule has 1 heterocycles. The molecular formula is C14H16N2O4S. The molecule has 0 radical (unpaired) electrons. The van der Waals surface area contributed by atoms with E-state index < -0.39 is 12.0 Å². The fourth-order valence-corrected chi connectivity index (χ4v) is 3.25. The van der Waals surface area contributed by atoms with Gasteiger partial charge in [0.15, 0.2) is 0 Å². The van der Waals surface area contributed by atoms with Crippen molar-refractivity contribution in [2.45, 2.75) is 19.4 Å². The van der Waals surface area contributed by atoms with E-state index in [-0.39, 0.29) is 18.2 Å². The van der Waals surface area contributed by atoms with Crippen molar-refractivity contribution in [3.63, 3.8) is 0 Å². The SMILES string of the molecule is CC(=O)Nc1ccc(CC(=O)N2CSC[C@H]2C(=O)O)cc1. The number of nitrogens with zero attached hydrogens (tertiary/aromatic N) is 1. The zero-order valence-electron chi connectivity index (χ0n) is 11.5. The first-order chi connectivity index (χ1) is 9.97. The molecule has 0 aromatic heterocycles. The standard InChI is InChI=1S/C14H16N2O4S/c1-9(17)15-11-4-2-10(3-5-11)6-13(18)16-8-21-7-12(16)14(19)20/h2-5,12H,6-8H2,1H3,(H,15,17)(H,19,20)/t12-/m0/s1. The van der Waals surface area contributed by atoms with Crippen molar-refractivity contribution in [1.82, 2.24) is 4.90 Å². The fourth-order valence-electron chi connectivity index (χ4n) is 2.08. The molecule has 0 spiro atoms. The summed E-state index contributed by atoms with van der Waals surface area (Å²) in [5.74, 6) is -0.464. The zero-order chi connectivity index (χ0) is 15.4. The van der Waals surface area contributed by atoms with Crippen LogP contribution >= 0.6 is 11.8 Å². The van der Waals surface area contributed by atoms with Crippen LogP contribution in [0.2, 0.25) is 0 Å².